The van der Waals surface area contributed by atoms with Gasteiger partial charge in [-0.05, 0) is 25.0 Å². The van der Waals surface area contributed by atoms with Gasteiger partial charge >= 0.3 is 6.18 Å². The third kappa shape index (κ3) is 4.35. The van der Waals surface area contributed by atoms with E-state index in [0.717, 1.165) is 25.0 Å². The third-order valence-corrected chi connectivity index (χ3v) is 3.70. The number of imidazole rings is 1. The molecular weight excluding hydrogens is 325 g/mol. The molecule has 0 amide bonds. The van der Waals surface area contributed by atoms with Crippen molar-refractivity contribution in [3.05, 3.63) is 42.2 Å². The summed E-state index contributed by atoms with van der Waals surface area (Å²) in [5.74, 6) is 0.577. The number of hydrogen-bond donors (Lipinski definition) is 1. The van der Waals surface area contributed by atoms with Crippen LogP contribution in [-0.4, -0.2) is 34.3 Å². The van der Waals surface area contributed by atoms with Crippen LogP contribution in [0.3, 0.4) is 0 Å². The molecule has 0 aliphatic carbocycles. The molecule has 8 heteroatoms. The van der Waals surface area contributed by atoms with Gasteiger partial charge in [0.2, 0.25) is 0 Å². The molecule has 2 aromatic rings. The molecule has 130 valence electrons. The molecule has 0 atom stereocenters. The Balaban J connectivity index is 0.000000647. The van der Waals surface area contributed by atoms with Crippen molar-refractivity contribution >= 4 is 6.47 Å². The lowest BCUT2D eigenvalue weighted by Gasteiger charge is -2.25. The zero-order valence-electron chi connectivity index (χ0n) is 12.7. The number of aromatic nitrogens is 2. The molecule has 0 radical (unpaired) electrons. The van der Waals surface area contributed by atoms with Crippen molar-refractivity contribution in [1.82, 2.24) is 9.55 Å². The lowest BCUT2D eigenvalue weighted by molar-refractivity contribution is -0.137. The van der Waals surface area contributed by atoms with E-state index in [1.807, 2.05) is 10.8 Å². The van der Waals surface area contributed by atoms with Crippen molar-refractivity contribution in [2.45, 2.75) is 25.1 Å². The normalized spacial score (nSPS) is 15.5. The fourth-order valence-electron chi connectivity index (χ4n) is 2.63. The van der Waals surface area contributed by atoms with Gasteiger partial charge in [-0.3, -0.25) is 4.79 Å². The SMILES string of the molecule is FC(F)(F)c1cccc(-c2nccn2C2CCOCC2)c1.O=CO. The number of carbonyl (C=O) groups is 1. The van der Waals surface area contributed by atoms with Crippen LogP contribution in [0.1, 0.15) is 24.4 Å². The Labute approximate surface area is 136 Å². The van der Waals surface area contributed by atoms with E-state index < -0.39 is 11.7 Å². The number of hydrogen-bond acceptors (Lipinski definition) is 3. The Morgan fingerprint density at radius 3 is 2.58 bits per heavy atom. The number of halogens is 3. The molecule has 24 heavy (non-hydrogen) atoms. The van der Waals surface area contributed by atoms with Gasteiger partial charge in [0, 0.05) is 37.2 Å². The summed E-state index contributed by atoms with van der Waals surface area (Å²) in [5.41, 5.74) is -0.164. The molecule has 0 spiro atoms. The van der Waals surface area contributed by atoms with E-state index in [1.165, 1.54) is 6.07 Å². The van der Waals surface area contributed by atoms with E-state index in [-0.39, 0.29) is 12.5 Å². The number of rotatable bonds is 2. The summed E-state index contributed by atoms with van der Waals surface area (Å²) in [4.78, 5) is 12.6. The highest BCUT2D eigenvalue weighted by Crippen LogP contribution is 2.33. The van der Waals surface area contributed by atoms with Crippen LogP contribution in [0.5, 0.6) is 0 Å². The second kappa shape index (κ2) is 7.96. The highest BCUT2D eigenvalue weighted by atomic mass is 19.4. The zero-order valence-corrected chi connectivity index (χ0v) is 12.7. The van der Waals surface area contributed by atoms with Crippen molar-refractivity contribution in [3.8, 4) is 11.4 Å². The summed E-state index contributed by atoms with van der Waals surface area (Å²) in [6.45, 7) is 1.09. The first-order valence-corrected chi connectivity index (χ1v) is 7.33. The van der Waals surface area contributed by atoms with Gasteiger partial charge in [-0.2, -0.15) is 13.2 Å². The topological polar surface area (TPSA) is 64.4 Å². The molecule has 0 saturated carbocycles. The van der Waals surface area contributed by atoms with Gasteiger partial charge in [0.15, 0.2) is 0 Å². The van der Waals surface area contributed by atoms with Crippen molar-refractivity contribution in [1.29, 1.82) is 0 Å². The average Bonchev–Trinajstić information content (AvgIpc) is 3.05. The fourth-order valence-corrected chi connectivity index (χ4v) is 2.63. The molecule has 1 aliphatic heterocycles. The molecule has 0 bridgehead atoms. The van der Waals surface area contributed by atoms with Crippen molar-refractivity contribution in [3.63, 3.8) is 0 Å². The Morgan fingerprint density at radius 1 is 1.29 bits per heavy atom. The van der Waals surface area contributed by atoms with Gasteiger partial charge in [0.05, 0.1) is 5.56 Å². The summed E-state index contributed by atoms with van der Waals surface area (Å²) in [6, 6.07) is 5.53. The van der Waals surface area contributed by atoms with Crippen LogP contribution in [0.15, 0.2) is 36.7 Å². The molecule has 0 unspecified atom stereocenters. The number of nitrogens with zero attached hydrogens (tertiary/aromatic N) is 2. The lowest BCUT2D eigenvalue weighted by atomic mass is 10.1. The number of carboxylic acid groups (broad SMARTS) is 1. The predicted octanol–water partition coefficient (Wildman–Crippen LogP) is 3.62. The number of benzene rings is 1. The summed E-state index contributed by atoms with van der Waals surface area (Å²) >= 11 is 0. The Morgan fingerprint density at radius 2 is 1.96 bits per heavy atom. The first kappa shape index (κ1) is 18.0. The zero-order chi connectivity index (χ0) is 17.6. The van der Waals surface area contributed by atoms with Crippen molar-refractivity contribution in [2.75, 3.05) is 13.2 Å². The molecule has 1 N–H and O–H groups in total. The van der Waals surface area contributed by atoms with Crippen LogP contribution in [-0.2, 0) is 15.7 Å². The molecule has 1 fully saturated rings. The maximum absolute atomic E-state index is 12.8. The third-order valence-electron chi connectivity index (χ3n) is 3.70. The maximum Gasteiger partial charge on any atom is 0.416 e. The standard InChI is InChI=1S/C15H15F3N2O.CH2O2/c16-15(17,18)12-3-1-2-11(10-12)14-19-6-7-20(14)13-4-8-21-9-5-13;2-1-3/h1-3,6-7,10,13H,4-5,8-9H2;1H,(H,2,3). The molecule has 2 heterocycles. The minimum atomic E-state index is -4.34. The van der Waals surface area contributed by atoms with Crippen LogP contribution in [0.4, 0.5) is 13.2 Å². The van der Waals surface area contributed by atoms with E-state index in [2.05, 4.69) is 4.98 Å². The van der Waals surface area contributed by atoms with Crippen molar-refractivity contribution in [2.24, 2.45) is 0 Å². The lowest BCUT2D eigenvalue weighted by Crippen LogP contribution is -2.19. The largest absolute Gasteiger partial charge is 0.483 e. The van der Waals surface area contributed by atoms with Crippen molar-refractivity contribution < 1.29 is 27.8 Å². The summed E-state index contributed by atoms with van der Waals surface area (Å²) in [7, 11) is 0. The summed E-state index contributed by atoms with van der Waals surface area (Å²) < 4.78 is 45.7. The molecule has 5 nitrogen and oxygen atoms in total. The fraction of sp³-hybridized carbons (Fsp3) is 0.375. The van der Waals surface area contributed by atoms with E-state index in [4.69, 9.17) is 14.6 Å². The average molecular weight is 342 g/mol. The second-order valence-electron chi connectivity index (χ2n) is 5.19. The summed E-state index contributed by atoms with van der Waals surface area (Å²) in [5, 5.41) is 6.89. The molecule has 1 aliphatic rings. The maximum atomic E-state index is 12.8. The molecule has 1 saturated heterocycles. The number of ether oxygens (including phenoxy) is 1. The predicted molar refractivity (Wildman–Crippen MR) is 80.4 cm³/mol. The summed E-state index contributed by atoms with van der Waals surface area (Å²) in [6.07, 6.45) is 0.813. The van der Waals surface area contributed by atoms with E-state index in [9.17, 15) is 13.2 Å². The van der Waals surface area contributed by atoms with Crippen LogP contribution in [0, 0.1) is 0 Å². The molecular formula is C16H17F3N2O3. The highest BCUT2D eigenvalue weighted by molar-refractivity contribution is 5.57. The van der Waals surface area contributed by atoms with Crippen LogP contribution in [0.25, 0.3) is 11.4 Å². The first-order chi connectivity index (χ1) is 11.5. The van der Waals surface area contributed by atoms with Gasteiger partial charge in [-0.25, -0.2) is 4.98 Å². The Kier molecular flexibility index (Phi) is 5.97. The van der Waals surface area contributed by atoms with E-state index >= 15 is 0 Å². The smallest absolute Gasteiger partial charge is 0.416 e. The van der Waals surface area contributed by atoms with E-state index in [1.54, 1.807) is 12.3 Å². The van der Waals surface area contributed by atoms with Gasteiger partial charge in [0.1, 0.15) is 5.82 Å². The monoisotopic (exact) mass is 342 g/mol. The minimum Gasteiger partial charge on any atom is -0.483 e. The highest BCUT2D eigenvalue weighted by Gasteiger charge is 2.31. The second-order valence-corrected chi connectivity index (χ2v) is 5.19. The first-order valence-electron chi connectivity index (χ1n) is 7.33. The van der Waals surface area contributed by atoms with Crippen LogP contribution < -0.4 is 0 Å². The number of alkyl halides is 3. The van der Waals surface area contributed by atoms with Gasteiger partial charge in [-0.15, -0.1) is 0 Å². The minimum absolute atomic E-state index is 0.228. The molecule has 1 aromatic carbocycles. The van der Waals surface area contributed by atoms with E-state index in [0.29, 0.717) is 24.6 Å². The Hall–Kier alpha value is -2.35. The van der Waals surface area contributed by atoms with Gasteiger partial charge < -0.3 is 14.4 Å². The van der Waals surface area contributed by atoms with Crippen LogP contribution >= 0.6 is 0 Å². The quantitative estimate of drug-likeness (QED) is 0.847. The molecule has 3 rings (SSSR count). The van der Waals surface area contributed by atoms with Gasteiger partial charge in [-0.1, -0.05) is 12.1 Å². The van der Waals surface area contributed by atoms with Crippen LogP contribution in [0.2, 0.25) is 0 Å². The van der Waals surface area contributed by atoms with Gasteiger partial charge in [0.25, 0.3) is 6.47 Å². The Bertz CT molecular complexity index is 665. The molecule has 1 aromatic heterocycles.